The summed E-state index contributed by atoms with van der Waals surface area (Å²) in [5.74, 6) is 2.72. The van der Waals surface area contributed by atoms with Gasteiger partial charge < -0.3 is 19.5 Å². The van der Waals surface area contributed by atoms with Gasteiger partial charge in [0.2, 0.25) is 5.95 Å². The van der Waals surface area contributed by atoms with Crippen LogP contribution in [-0.4, -0.2) is 52.1 Å². The third-order valence-corrected chi connectivity index (χ3v) is 9.01. The van der Waals surface area contributed by atoms with Gasteiger partial charge in [-0.15, -0.1) is 0 Å². The number of nitriles is 1. The minimum atomic E-state index is -1.18. The lowest BCUT2D eigenvalue weighted by molar-refractivity contribution is 0.0898. The van der Waals surface area contributed by atoms with Crippen molar-refractivity contribution < 1.29 is 4.74 Å². The average molecular weight is 479 g/mol. The molecule has 0 spiro atoms. The van der Waals surface area contributed by atoms with Crippen molar-refractivity contribution in [2.24, 2.45) is 18.4 Å². The first kappa shape index (κ1) is 22.9. The summed E-state index contributed by atoms with van der Waals surface area (Å²) in [5.41, 5.74) is 1.72. The van der Waals surface area contributed by atoms with Gasteiger partial charge in [0.25, 0.3) is 0 Å². The van der Waals surface area contributed by atoms with Crippen LogP contribution in [0.3, 0.4) is 0 Å². The van der Waals surface area contributed by atoms with E-state index in [1.807, 2.05) is 30.1 Å². The minimum absolute atomic E-state index is 0.365. The Morgan fingerprint density at radius 3 is 2.79 bits per heavy atom. The predicted molar refractivity (Wildman–Crippen MR) is 136 cm³/mol. The molecule has 2 unspecified atom stereocenters. The molecule has 1 aliphatic heterocycles. The van der Waals surface area contributed by atoms with Gasteiger partial charge in [0.05, 0.1) is 10.9 Å². The summed E-state index contributed by atoms with van der Waals surface area (Å²) in [6, 6.07) is 5.36. The van der Waals surface area contributed by atoms with E-state index in [0.29, 0.717) is 42.0 Å². The number of nitrogens with one attached hydrogen (secondary N) is 1. The van der Waals surface area contributed by atoms with Crippen molar-refractivity contribution in [3.8, 4) is 6.07 Å². The fourth-order valence-corrected chi connectivity index (χ4v) is 5.83. The van der Waals surface area contributed by atoms with E-state index in [1.54, 1.807) is 4.68 Å². The largest absolute Gasteiger partial charge is 0.361 e. The molecule has 2 atom stereocenters. The first-order chi connectivity index (χ1) is 16.2. The van der Waals surface area contributed by atoms with Crippen LogP contribution in [0.25, 0.3) is 11.0 Å². The Hall–Kier alpha value is -2.90. The molecule has 34 heavy (non-hydrogen) atoms. The van der Waals surface area contributed by atoms with Gasteiger partial charge in [-0.2, -0.15) is 20.3 Å². The lowest BCUT2D eigenvalue weighted by Gasteiger charge is -2.23. The molecule has 2 fully saturated rings. The van der Waals surface area contributed by atoms with Gasteiger partial charge in [0, 0.05) is 53.3 Å². The molecule has 2 aliphatic rings. The zero-order valence-electron chi connectivity index (χ0n) is 20.8. The van der Waals surface area contributed by atoms with Crippen molar-refractivity contribution in [3.05, 3.63) is 24.0 Å². The topological polar surface area (TPSA) is 96.8 Å². The van der Waals surface area contributed by atoms with Crippen molar-refractivity contribution in [1.82, 2.24) is 24.3 Å². The van der Waals surface area contributed by atoms with Crippen molar-refractivity contribution in [2.75, 3.05) is 29.9 Å². The molecule has 4 heterocycles. The molecule has 1 N–H and O–H groups in total. The molecule has 5 rings (SSSR count). The normalized spacial score (nSPS) is 21.6. The molecule has 10 heteroatoms. The quantitative estimate of drug-likeness (QED) is 0.361. The highest BCUT2D eigenvalue weighted by Crippen LogP contribution is 2.60. The van der Waals surface area contributed by atoms with Gasteiger partial charge in [-0.3, -0.25) is 4.68 Å². The Morgan fingerprint density at radius 2 is 2.15 bits per heavy atom. The van der Waals surface area contributed by atoms with Gasteiger partial charge in [-0.25, -0.2) is 0 Å². The second-order valence-electron chi connectivity index (χ2n) is 11.0. The van der Waals surface area contributed by atoms with Crippen LogP contribution < -0.4 is 10.2 Å². The molecule has 9 nitrogen and oxygen atoms in total. The van der Waals surface area contributed by atoms with Gasteiger partial charge >= 0.3 is 0 Å². The van der Waals surface area contributed by atoms with Crippen LogP contribution in [0.15, 0.2) is 18.5 Å². The first-order valence-corrected chi connectivity index (χ1v) is 15.8. The zero-order valence-corrected chi connectivity index (χ0v) is 21.8. The van der Waals surface area contributed by atoms with E-state index < -0.39 is 8.07 Å². The van der Waals surface area contributed by atoms with Gasteiger partial charge in [0.1, 0.15) is 18.6 Å². The number of nitrogens with zero attached hydrogens (tertiary/aromatic N) is 7. The number of fused-ring (bicyclic) bond motifs is 2. The summed E-state index contributed by atoms with van der Waals surface area (Å²) in [4.78, 5) is 12.1. The SMILES string of the molecule is CCC12CC1CN(c1nc(Nc3ccn(C)n3)nc3c1c(C#N)cn3COCC[Si](C)(C)C)C2. The highest BCUT2D eigenvalue weighted by atomic mass is 28.3. The second kappa shape index (κ2) is 8.39. The first-order valence-electron chi connectivity index (χ1n) is 12.1. The number of piperidine rings is 1. The van der Waals surface area contributed by atoms with E-state index in [0.717, 1.165) is 36.0 Å². The molecule has 0 radical (unpaired) electrons. The lowest BCUT2D eigenvalue weighted by atomic mass is 10.0. The number of anilines is 3. The number of aryl methyl sites for hydroxylation is 1. The van der Waals surface area contributed by atoms with Crippen molar-refractivity contribution >= 4 is 36.7 Å². The summed E-state index contributed by atoms with van der Waals surface area (Å²) in [6.07, 6.45) is 6.21. The molecule has 0 bridgehead atoms. The maximum absolute atomic E-state index is 9.96. The van der Waals surface area contributed by atoms with Crippen LogP contribution in [0.4, 0.5) is 17.6 Å². The Labute approximate surface area is 201 Å². The Balaban J connectivity index is 1.52. The van der Waals surface area contributed by atoms with Gasteiger partial charge in [0.15, 0.2) is 11.5 Å². The van der Waals surface area contributed by atoms with Crippen LogP contribution in [0.2, 0.25) is 25.7 Å². The summed E-state index contributed by atoms with van der Waals surface area (Å²) >= 11 is 0. The van der Waals surface area contributed by atoms with E-state index in [1.165, 1.54) is 12.8 Å². The van der Waals surface area contributed by atoms with Crippen molar-refractivity contribution in [1.29, 1.82) is 5.26 Å². The molecular formula is C24H34N8OSi. The predicted octanol–water partition coefficient (Wildman–Crippen LogP) is 4.33. The fraction of sp³-hybridized carbons (Fsp3) is 0.583. The Morgan fingerprint density at radius 1 is 1.32 bits per heavy atom. The number of ether oxygens (including phenoxy) is 1. The van der Waals surface area contributed by atoms with E-state index in [9.17, 15) is 5.26 Å². The lowest BCUT2D eigenvalue weighted by Crippen LogP contribution is -2.26. The van der Waals surface area contributed by atoms with E-state index >= 15 is 0 Å². The summed E-state index contributed by atoms with van der Waals surface area (Å²) in [7, 11) is 0.700. The monoisotopic (exact) mass is 478 g/mol. The highest BCUT2D eigenvalue weighted by Gasteiger charge is 2.58. The van der Waals surface area contributed by atoms with E-state index in [-0.39, 0.29) is 0 Å². The summed E-state index contributed by atoms with van der Waals surface area (Å²) in [5, 5.41) is 18.4. The van der Waals surface area contributed by atoms with E-state index in [2.05, 4.69) is 47.9 Å². The molecule has 180 valence electrons. The van der Waals surface area contributed by atoms with Crippen LogP contribution in [-0.2, 0) is 18.5 Å². The van der Waals surface area contributed by atoms with Crippen molar-refractivity contribution in [3.63, 3.8) is 0 Å². The van der Waals surface area contributed by atoms with Gasteiger partial charge in [-0.05, 0) is 30.2 Å². The fourth-order valence-electron chi connectivity index (χ4n) is 5.07. The third-order valence-electron chi connectivity index (χ3n) is 7.31. The summed E-state index contributed by atoms with van der Waals surface area (Å²) < 4.78 is 9.71. The van der Waals surface area contributed by atoms with Crippen LogP contribution >= 0.6 is 0 Å². The molecule has 1 saturated heterocycles. The molecule has 3 aromatic heterocycles. The van der Waals surface area contributed by atoms with E-state index in [4.69, 9.17) is 14.7 Å². The molecule has 1 aliphatic carbocycles. The maximum atomic E-state index is 9.96. The number of hydrogen-bond acceptors (Lipinski definition) is 7. The molecule has 3 aromatic rings. The molecule has 1 saturated carbocycles. The third kappa shape index (κ3) is 4.30. The number of aromatic nitrogens is 5. The molecule has 0 aromatic carbocycles. The minimum Gasteiger partial charge on any atom is -0.361 e. The zero-order chi connectivity index (χ0) is 24.1. The van der Waals surface area contributed by atoms with Crippen molar-refractivity contribution in [2.45, 2.75) is 52.2 Å². The number of hydrogen-bond donors (Lipinski definition) is 1. The van der Waals surface area contributed by atoms with Crippen LogP contribution in [0.1, 0.15) is 25.3 Å². The Bertz CT molecular complexity index is 1250. The maximum Gasteiger partial charge on any atom is 0.232 e. The smallest absolute Gasteiger partial charge is 0.232 e. The molecular weight excluding hydrogens is 444 g/mol. The van der Waals surface area contributed by atoms with Crippen LogP contribution in [0, 0.1) is 22.7 Å². The number of rotatable bonds is 9. The van der Waals surface area contributed by atoms with Gasteiger partial charge in [-0.1, -0.05) is 26.6 Å². The average Bonchev–Trinajstić information content (AvgIpc) is 3.09. The van der Waals surface area contributed by atoms with Crippen LogP contribution in [0.5, 0.6) is 0 Å². The Kier molecular flexibility index (Phi) is 5.65. The standard InChI is InChI=1S/C24H34N8OSi/c1-6-24-11-18(24)14-31(15-24)21-20-17(12-25)13-32(16-33-9-10-34(3,4)5)22(20)28-23(27-21)26-19-7-8-30(2)29-19/h7-8,13,18H,6,9-11,14-16H2,1-5H3,(H,26,27,28,29). The second-order valence-corrected chi connectivity index (χ2v) is 16.7. The summed E-state index contributed by atoms with van der Waals surface area (Å²) in [6.45, 7) is 12.3. The molecule has 0 amide bonds. The highest BCUT2D eigenvalue weighted by molar-refractivity contribution is 6.76.